The van der Waals surface area contributed by atoms with Crippen molar-refractivity contribution in [2.24, 2.45) is 0 Å². The van der Waals surface area contributed by atoms with Gasteiger partial charge in [0.2, 0.25) is 5.82 Å². The van der Waals surface area contributed by atoms with Crippen molar-refractivity contribution in [3.05, 3.63) is 22.1 Å². The van der Waals surface area contributed by atoms with E-state index in [4.69, 9.17) is 19.8 Å². The van der Waals surface area contributed by atoms with Crippen LogP contribution in [-0.2, 0) is 24.3 Å². The van der Waals surface area contributed by atoms with Crippen LogP contribution in [0.5, 0.6) is 0 Å². The topological polar surface area (TPSA) is 68.9 Å². The van der Waals surface area contributed by atoms with Crippen LogP contribution in [0.25, 0.3) is 15.9 Å². The fraction of sp³-hybridized carbons (Fsp3) is 0.650. The zero-order chi connectivity index (χ0) is 19.0. The summed E-state index contributed by atoms with van der Waals surface area (Å²) in [5.41, 5.74) is 2.17. The summed E-state index contributed by atoms with van der Waals surface area (Å²) in [5, 5.41) is 8.25. The summed E-state index contributed by atoms with van der Waals surface area (Å²) in [6.45, 7) is 11.2. The largest absolute Gasteiger partial charge is 0.370 e. The molecule has 0 saturated carbocycles. The van der Waals surface area contributed by atoms with Gasteiger partial charge < -0.3 is 10.1 Å². The Kier molecular flexibility index (Phi) is 5.18. The monoisotopic (exact) mass is 388 g/mol. The zero-order valence-corrected chi connectivity index (χ0v) is 17.7. The highest BCUT2D eigenvalue weighted by Gasteiger charge is 2.31. The molecule has 0 aliphatic carbocycles. The molecule has 0 saturated heterocycles. The molecule has 1 aliphatic rings. The first-order valence-electron chi connectivity index (χ1n) is 10.1. The number of rotatable bonds is 7. The van der Waals surface area contributed by atoms with Crippen molar-refractivity contribution in [1.29, 1.82) is 0 Å². The van der Waals surface area contributed by atoms with E-state index in [-0.39, 0.29) is 5.60 Å². The van der Waals surface area contributed by atoms with Gasteiger partial charge in [0.15, 0.2) is 5.65 Å². The van der Waals surface area contributed by atoms with E-state index in [0.717, 1.165) is 41.6 Å². The summed E-state index contributed by atoms with van der Waals surface area (Å²) in [7, 11) is 0. The SMILES string of the molecule is CCCCCC[NH2+]Cc1nc2c3c4c(sc3nc(C)n2n1)COC(C)(C)C4. The Labute approximate surface area is 164 Å². The lowest BCUT2D eigenvalue weighted by Gasteiger charge is -2.30. The zero-order valence-electron chi connectivity index (χ0n) is 16.8. The number of fused-ring (bicyclic) bond motifs is 5. The average Bonchev–Trinajstić information content (AvgIpc) is 3.18. The molecule has 4 rings (SSSR count). The number of aromatic nitrogens is 4. The van der Waals surface area contributed by atoms with Gasteiger partial charge in [-0.2, -0.15) is 4.52 Å². The summed E-state index contributed by atoms with van der Waals surface area (Å²) in [6, 6.07) is 0. The minimum absolute atomic E-state index is 0.141. The number of quaternary nitrogens is 1. The van der Waals surface area contributed by atoms with Crippen LogP contribution >= 0.6 is 11.3 Å². The quantitative estimate of drug-likeness (QED) is 0.631. The molecule has 4 heterocycles. The third-order valence-electron chi connectivity index (χ3n) is 5.30. The second kappa shape index (κ2) is 7.45. The molecule has 6 nitrogen and oxygen atoms in total. The summed E-state index contributed by atoms with van der Waals surface area (Å²) in [4.78, 5) is 12.1. The second-order valence-electron chi connectivity index (χ2n) is 8.17. The third kappa shape index (κ3) is 3.73. The number of aryl methyl sites for hydroxylation is 1. The Morgan fingerprint density at radius 2 is 2.07 bits per heavy atom. The molecule has 0 amide bonds. The molecule has 0 fully saturated rings. The smallest absolute Gasteiger partial charge is 0.206 e. The number of nitrogens with zero attached hydrogens (tertiary/aromatic N) is 4. The maximum atomic E-state index is 6.00. The van der Waals surface area contributed by atoms with Gasteiger partial charge in [-0.1, -0.05) is 19.8 Å². The highest BCUT2D eigenvalue weighted by Crippen LogP contribution is 2.39. The number of unbranched alkanes of at least 4 members (excludes halogenated alkanes) is 3. The summed E-state index contributed by atoms with van der Waals surface area (Å²) >= 11 is 1.74. The van der Waals surface area contributed by atoms with Gasteiger partial charge in [0.05, 0.1) is 24.1 Å². The minimum atomic E-state index is -0.141. The van der Waals surface area contributed by atoms with E-state index in [1.807, 2.05) is 11.4 Å². The highest BCUT2D eigenvalue weighted by molar-refractivity contribution is 7.19. The lowest BCUT2D eigenvalue weighted by molar-refractivity contribution is -0.671. The molecule has 3 aromatic rings. The molecular weight excluding hydrogens is 358 g/mol. The molecule has 0 radical (unpaired) electrons. The van der Waals surface area contributed by atoms with E-state index in [0.29, 0.717) is 6.61 Å². The van der Waals surface area contributed by atoms with Crippen molar-refractivity contribution in [1.82, 2.24) is 19.6 Å². The Morgan fingerprint density at radius 3 is 2.89 bits per heavy atom. The summed E-state index contributed by atoms with van der Waals surface area (Å²) in [6.07, 6.45) is 6.08. The molecule has 0 bridgehead atoms. The van der Waals surface area contributed by atoms with Crippen molar-refractivity contribution < 1.29 is 10.1 Å². The normalized spacial score (nSPS) is 16.3. The lowest BCUT2D eigenvalue weighted by atomic mass is 9.94. The molecular formula is C20H30N5OS+. The highest BCUT2D eigenvalue weighted by atomic mass is 32.1. The van der Waals surface area contributed by atoms with Crippen LogP contribution in [0.1, 0.15) is 68.5 Å². The fourth-order valence-electron chi connectivity index (χ4n) is 3.82. The summed E-state index contributed by atoms with van der Waals surface area (Å²) in [5.74, 6) is 1.80. The van der Waals surface area contributed by atoms with Crippen molar-refractivity contribution in [3.63, 3.8) is 0 Å². The Bertz CT molecular complexity index is 958. The standard InChI is InChI=1S/C20H29N5OS/c1-5-6-7-8-9-21-11-16-23-18-17-14-10-20(3,4)26-12-15(14)27-19(17)22-13(2)25(18)24-16/h21H,5-12H2,1-4H3/p+1. The molecule has 3 aromatic heterocycles. The van der Waals surface area contributed by atoms with E-state index in [1.165, 1.54) is 41.5 Å². The molecule has 1 aliphatic heterocycles. The molecule has 27 heavy (non-hydrogen) atoms. The Hall–Kier alpha value is -1.57. The van der Waals surface area contributed by atoms with E-state index in [9.17, 15) is 0 Å². The molecule has 2 N–H and O–H groups in total. The molecule has 0 spiro atoms. The predicted octanol–water partition coefficient (Wildman–Crippen LogP) is 3.14. The second-order valence-corrected chi connectivity index (χ2v) is 9.26. The van der Waals surface area contributed by atoms with Gasteiger partial charge in [0, 0.05) is 11.3 Å². The van der Waals surface area contributed by atoms with Gasteiger partial charge in [-0.05, 0) is 39.2 Å². The Balaban J connectivity index is 1.63. The van der Waals surface area contributed by atoms with Crippen molar-refractivity contribution in [3.8, 4) is 0 Å². The van der Waals surface area contributed by atoms with Crippen LogP contribution in [-0.4, -0.2) is 31.7 Å². The maximum absolute atomic E-state index is 6.00. The van der Waals surface area contributed by atoms with Crippen LogP contribution in [0.15, 0.2) is 0 Å². The minimum Gasteiger partial charge on any atom is -0.370 e. The van der Waals surface area contributed by atoms with Crippen LogP contribution in [0.2, 0.25) is 0 Å². The number of hydrogen-bond acceptors (Lipinski definition) is 5. The van der Waals surface area contributed by atoms with Crippen LogP contribution in [0.4, 0.5) is 0 Å². The van der Waals surface area contributed by atoms with Gasteiger partial charge in [0.25, 0.3) is 0 Å². The molecule has 0 unspecified atom stereocenters. The van der Waals surface area contributed by atoms with Crippen molar-refractivity contribution in [2.45, 2.75) is 78.6 Å². The lowest BCUT2D eigenvalue weighted by Crippen LogP contribution is -2.82. The third-order valence-corrected chi connectivity index (χ3v) is 6.40. The maximum Gasteiger partial charge on any atom is 0.206 e. The van der Waals surface area contributed by atoms with Crippen molar-refractivity contribution >= 4 is 27.2 Å². The first-order valence-corrected chi connectivity index (χ1v) is 10.9. The predicted molar refractivity (Wildman–Crippen MR) is 108 cm³/mol. The number of thiophene rings is 1. The molecule has 7 heteroatoms. The van der Waals surface area contributed by atoms with E-state index in [1.54, 1.807) is 11.3 Å². The van der Waals surface area contributed by atoms with E-state index in [2.05, 4.69) is 26.1 Å². The number of hydrogen-bond donors (Lipinski definition) is 1. The van der Waals surface area contributed by atoms with Crippen LogP contribution in [0.3, 0.4) is 0 Å². The summed E-state index contributed by atoms with van der Waals surface area (Å²) < 4.78 is 7.93. The van der Waals surface area contributed by atoms with E-state index >= 15 is 0 Å². The first-order chi connectivity index (χ1) is 13.0. The van der Waals surface area contributed by atoms with Gasteiger partial charge in [-0.25, -0.2) is 9.97 Å². The number of ether oxygens (including phenoxy) is 1. The van der Waals surface area contributed by atoms with Crippen LogP contribution < -0.4 is 5.32 Å². The number of nitrogens with two attached hydrogens (primary N) is 1. The Morgan fingerprint density at radius 1 is 1.22 bits per heavy atom. The molecule has 0 aromatic carbocycles. The van der Waals surface area contributed by atoms with Crippen molar-refractivity contribution in [2.75, 3.05) is 6.54 Å². The van der Waals surface area contributed by atoms with Gasteiger partial charge >= 0.3 is 0 Å². The molecule has 0 atom stereocenters. The molecule has 146 valence electrons. The van der Waals surface area contributed by atoms with Gasteiger partial charge in [-0.3, -0.25) is 0 Å². The van der Waals surface area contributed by atoms with E-state index < -0.39 is 0 Å². The fourth-order valence-corrected chi connectivity index (χ4v) is 4.96. The van der Waals surface area contributed by atoms with Gasteiger partial charge in [-0.15, -0.1) is 16.4 Å². The van der Waals surface area contributed by atoms with Crippen LogP contribution in [0, 0.1) is 6.92 Å². The first kappa shape index (κ1) is 18.8. The van der Waals surface area contributed by atoms with Gasteiger partial charge in [0.1, 0.15) is 17.2 Å². The average molecular weight is 389 g/mol.